The summed E-state index contributed by atoms with van der Waals surface area (Å²) in [5, 5.41) is 0. The monoisotopic (exact) mass is 168 g/mol. The quantitative estimate of drug-likeness (QED) is 0.553. The standard InChI is InChI=1S/C12H24/c1-9(2)12(5)8-6-7-10(3)11(12)4/h9-11H,6-8H2,1-5H3. The van der Waals surface area contributed by atoms with Crippen LogP contribution in [0.3, 0.4) is 0 Å². The molecule has 0 bridgehead atoms. The molecule has 3 atom stereocenters. The molecule has 1 aliphatic rings. The minimum Gasteiger partial charge on any atom is -0.0622 e. The molecule has 0 heterocycles. The normalized spacial score (nSPS) is 43.5. The highest BCUT2D eigenvalue weighted by Gasteiger charge is 2.39. The molecule has 0 aromatic heterocycles. The molecule has 0 aliphatic heterocycles. The Hall–Kier alpha value is 0. The van der Waals surface area contributed by atoms with Crippen molar-refractivity contribution < 1.29 is 0 Å². The highest BCUT2D eigenvalue weighted by atomic mass is 14.4. The molecule has 72 valence electrons. The van der Waals surface area contributed by atoms with E-state index in [1.54, 1.807) is 0 Å². The third-order valence-corrected chi connectivity index (χ3v) is 4.59. The van der Waals surface area contributed by atoms with Gasteiger partial charge in [0.2, 0.25) is 0 Å². The van der Waals surface area contributed by atoms with E-state index in [4.69, 9.17) is 0 Å². The first-order valence-electron chi connectivity index (χ1n) is 5.48. The molecular formula is C12H24. The maximum absolute atomic E-state index is 2.48. The second-order valence-corrected chi connectivity index (χ2v) is 5.32. The average molecular weight is 168 g/mol. The van der Waals surface area contributed by atoms with Gasteiger partial charge in [0.05, 0.1) is 0 Å². The fraction of sp³-hybridized carbons (Fsp3) is 1.00. The van der Waals surface area contributed by atoms with E-state index in [1.807, 2.05) is 0 Å². The minimum atomic E-state index is 0.609. The van der Waals surface area contributed by atoms with Crippen molar-refractivity contribution in [2.24, 2.45) is 23.2 Å². The molecule has 0 nitrogen and oxygen atoms in total. The largest absolute Gasteiger partial charge is 0.0622 e. The maximum Gasteiger partial charge on any atom is -0.0275 e. The first-order chi connectivity index (χ1) is 5.48. The second-order valence-electron chi connectivity index (χ2n) is 5.32. The average Bonchev–Trinajstić information content (AvgIpc) is 2.00. The molecule has 0 amide bonds. The van der Waals surface area contributed by atoms with Gasteiger partial charge < -0.3 is 0 Å². The van der Waals surface area contributed by atoms with E-state index in [9.17, 15) is 0 Å². The Morgan fingerprint density at radius 3 is 2.25 bits per heavy atom. The van der Waals surface area contributed by atoms with Crippen LogP contribution in [-0.2, 0) is 0 Å². The van der Waals surface area contributed by atoms with Crippen molar-refractivity contribution in [2.45, 2.75) is 53.9 Å². The summed E-state index contributed by atoms with van der Waals surface area (Å²) in [5.74, 6) is 2.69. The Morgan fingerprint density at radius 1 is 1.25 bits per heavy atom. The third kappa shape index (κ3) is 1.53. The lowest BCUT2D eigenvalue weighted by molar-refractivity contribution is 0.0339. The van der Waals surface area contributed by atoms with Gasteiger partial charge in [-0.05, 0) is 29.6 Å². The van der Waals surface area contributed by atoms with Gasteiger partial charge in [0.25, 0.3) is 0 Å². The molecule has 0 spiro atoms. The molecule has 12 heavy (non-hydrogen) atoms. The summed E-state index contributed by atoms with van der Waals surface area (Å²) in [5.41, 5.74) is 0.609. The van der Waals surface area contributed by atoms with Crippen LogP contribution in [0.4, 0.5) is 0 Å². The number of hydrogen-bond acceptors (Lipinski definition) is 0. The van der Waals surface area contributed by atoms with Crippen molar-refractivity contribution in [3.8, 4) is 0 Å². The smallest absolute Gasteiger partial charge is 0.0275 e. The zero-order chi connectivity index (χ0) is 9.35. The van der Waals surface area contributed by atoms with Gasteiger partial charge in [-0.25, -0.2) is 0 Å². The molecule has 0 N–H and O–H groups in total. The predicted octanol–water partition coefficient (Wildman–Crippen LogP) is 4.10. The lowest BCUT2D eigenvalue weighted by Crippen LogP contribution is -2.38. The molecule has 0 aromatic carbocycles. The number of hydrogen-bond donors (Lipinski definition) is 0. The van der Waals surface area contributed by atoms with Gasteiger partial charge in [-0.15, -0.1) is 0 Å². The lowest BCUT2D eigenvalue weighted by atomic mass is 9.59. The molecule has 1 fully saturated rings. The van der Waals surface area contributed by atoms with Crippen LogP contribution in [0.2, 0.25) is 0 Å². The predicted molar refractivity (Wildman–Crippen MR) is 55.1 cm³/mol. The molecule has 0 saturated heterocycles. The molecule has 1 saturated carbocycles. The van der Waals surface area contributed by atoms with E-state index < -0.39 is 0 Å². The van der Waals surface area contributed by atoms with Crippen LogP contribution in [0.15, 0.2) is 0 Å². The van der Waals surface area contributed by atoms with E-state index in [-0.39, 0.29) is 0 Å². The second kappa shape index (κ2) is 3.40. The maximum atomic E-state index is 2.48. The molecule has 0 heteroatoms. The first kappa shape index (κ1) is 10.1. The third-order valence-electron chi connectivity index (χ3n) is 4.59. The van der Waals surface area contributed by atoms with Crippen LogP contribution in [0, 0.1) is 23.2 Å². The van der Waals surface area contributed by atoms with Crippen LogP contribution < -0.4 is 0 Å². The van der Waals surface area contributed by atoms with Gasteiger partial charge in [0.1, 0.15) is 0 Å². The zero-order valence-corrected chi connectivity index (χ0v) is 9.35. The van der Waals surface area contributed by atoms with Gasteiger partial charge in [0, 0.05) is 0 Å². The van der Waals surface area contributed by atoms with Crippen molar-refractivity contribution in [3.05, 3.63) is 0 Å². The summed E-state index contributed by atoms with van der Waals surface area (Å²) in [4.78, 5) is 0. The topological polar surface area (TPSA) is 0 Å². The lowest BCUT2D eigenvalue weighted by Gasteiger charge is -2.46. The van der Waals surface area contributed by atoms with E-state index in [2.05, 4.69) is 34.6 Å². The molecular weight excluding hydrogens is 144 g/mol. The van der Waals surface area contributed by atoms with Gasteiger partial charge in [0.15, 0.2) is 0 Å². The Bertz CT molecular complexity index is 148. The van der Waals surface area contributed by atoms with Gasteiger partial charge in [-0.1, -0.05) is 47.5 Å². The summed E-state index contributed by atoms with van der Waals surface area (Å²) in [6.07, 6.45) is 4.33. The molecule has 3 unspecified atom stereocenters. The minimum absolute atomic E-state index is 0.609. The number of rotatable bonds is 1. The van der Waals surface area contributed by atoms with Crippen molar-refractivity contribution in [1.29, 1.82) is 0 Å². The molecule has 0 radical (unpaired) electrons. The van der Waals surface area contributed by atoms with Crippen LogP contribution in [0.5, 0.6) is 0 Å². The fourth-order valence-corrected chi connectivity index (χ4v) is 2.75. The van der Waals surface area contributed by atoms with Crippen molar-refractivity contribution in [3.63, 3.8) is 0 Å². The summed E-state index contributed by atoms with van der Waals surface area (Å²) in [7, 11) is 0. The summed E-state index contributed by atoms with van der Waals surface area (Å²) < 4.78 is 0. The van der Waals surface area contributed by atoms with E-state index >= 15 is 0 Å². The van der Waals surface area contributed by atoms with Crippen LogP contribution in [-0.4, -0.2) is 0 Å². The highest BCUT2D eigenvalue weighted by Crippen LogP contribution is 2.48. The Kier molecular flexibility index (Phi) is 2.85. The Balaban J connectivity index is 2.74. The fourth-order valence-electron chi connectivity index (χ4n) is 2.75. The Labute approximate surface area is 77.7 Å². The van der Waals surface area contributed by atoms with Gasteiger partial charge in [-0.3, -0.25) is 0 Å². The van der Waals surface area contributed by atoms with Crippen LogP contribution in [0.25, 0.3) is 0 Å². The molecule has 1 rings (SSSR count). The van der Waals surface area contributed by atoms with Crippen molar-refractivity contribution >= 4 is 0 Å². The van der Waals surface area contributed by atoms with E-state index in [1.165, 1.54) is 19.3 Å². The van der Waals surface area contributed by atoms with Gasteiger partial charge in [-0.2, -0.15) is 0 Å². The van der Waals surface area contributed by atoms with Crippen LogP contribution in [0.1, 0.15) is 53.9 Å². The molecule has 0 aromatic rings. The SMILES string of the molecule is CC1CCCC(C)(C(C)C)C1C. The Morgan fingerprint density at radius 2 is 1.83 bits per heavy atom. The summed E-state index contributed by atoms with van der Waals surface area (Å²) >= 11 is 0. The van der Waals surface area contributed by atoms with Crippen molar-refractivity contribution in [1.82, 2.24) is 0 Å². The van der Waals surface area contributed by atoms with E-state index in [0.29, 0.717) is 5.41 Å². The summed E-state index contributed by atoms with van der Waals surface area (Å²) in [6, 6.07) is 0. The highest BCUT2D eigenvalue weighted by molar-refractivity contribution is 4.89. The van der Waals surface area contributed by atoms with E-state index in [0.717, 1.165) is 17.8 Å². The zero-order valence-electron chi connectivity index (χ0n) is 9.35. The van der Waals surface area contributed by atoms with Crippen molar-refractivity contribution in [2.75, 3.05) is 0 Å². The van der Waals surface area contributed by atoms with Crippen LogP contribution >= 0.6 is 0 Å². The summed E-state index contributed by atoms with van der Waals surface area (Å²) in [6.45, 7) is 12.1. The van der Waals surface area contributed by atoms with Gasteiger partial charge >= 0.3 is 0 Å². The first-order valence-corrected chi connectivity index (χ1v) is 5.48. The molecule has 1 aliphatic carbocycles.